The number of rotatable bonds is 7. The lowest BCUT2D eigenvalue weighted by Crippen LogP contribution is -2.34. The van der Waals surface area contributed by atoms with Crippen molar-refractivity contribution in [1.82, 2.24) is 25.2 Å². The first-order valence-corrected chi connectivity index (χ1v) is 9.79. The summed E-state index contributed by atoms with van der Waals surface area (Å²) in [7, 11) is 0. The van der Waals surface area contributed by atoms with Crippen LogP contribution in [0.2, 0.25) is 0 Å². The van der Waals surface area contributed by atoms with Crippen molar-refractivity contribution in [2.75, 3.05) is 0 Å². The van der Waals surface area contributed by atoms with Crippen LogP contribution in [0.5, 0.6) is 0 Å². The van der Waals surface area contributed by atoms with Gasteiger partial charge in [-0.25, -0.2) is 4.68 Å². The fraction of sp³-hybridized carbons (Fsp3) is 0.227. The van der Waals surface area contributed by atoms with Crippen LogP contribution in [0.4, 0.5) is 0 Å². The van der Waals surface area contributed by atoms with Crippen molar-refractivity contribution in [3.63, 3.8) is 0 Å². The minimum absolute atomic E-state index is 0.0166. The molecule has 0 aliphatic rings. The number of aromatic nitrogens is 4. The Labute approximate surface area is 177 Å². The number of benzene rings is 1. The van der Waals surface area contributed by atoms with Crippen LogP contribution in [-0.2, 0) is 13.0 Å². The van der Waals surface area contributed by atoms with Gasteiger partial charge in [0.1, 0.15) is 12.3 Å². The highest BCUT2D eigenvalue weighted by Gasteiger charge is 2.18. The monoisotopic (exact) mass is 419 g/mol. The molecule has 4 rings (SSSR count). The summed E-state index contributed by atoms with van der Waals surface area (Å²) >= 11 is 0. The van der Waals surface area contributed by atoms with Crippen molar-refractivity contribution in [2.24, 2.45) is 0 Å². The largest absolute Gasteiger partial charge is 0.469 e. The Morgan fingerprint density at radius 3 is 2.71 bits per heavy atom. The molecule has 0 saturated carbocycles. The van der Waals surface area contributed by atoms with E-state index in [-0.39, 0.29) is 29.9 Å². The maximum atomic E-state index is 12.4. The van der Waals surface area contributed by atoms with E-state index in [0.717, 1.165) is 16.9 Å². The summed E-state index contributed by atoms with van der Waals surface area (Å²) in [6.45, 7) is 3.83. The van der Waals surface area contributed by atoms with Crippen molar-refractivity contribution in [3.8, 4) is 11.3 Å². The normalized spacial score (nSPS) is 11.9. The lowest BCUT2D eigenvalue weighted by Gasteiger charge is -2.10. The molecule has 4 aromatic rings. The fourth-order valence-corrected chi connectivity index (χ4v) is 3.05. The first-order valence-electron chi connectivity index (χ1n) is 9.79. The zero-order valence-electron chi connectivity index (χ0n) is 17.1. The summed E-state index contributed by atoms with van der Waals surface area (Å²) in [6, 6.07) is 14.4. The Balaban J connectivity index is 1.44. The lowest BCUT2D eigenvalue weighted by atomic mass is 10.1. The molecular formula is C22H21N5O4. The number of carbonyl (C=O) groups excluding carboxylic acids is 1. The van der Waals surface area contributed by atoms with Gasteiger partial charge in [0.15, 0.2) is 5.82 Å². The van der Waals surface area contributed by atoms with E-state index in [1.807, 2.05) is 44.2 Å². The van der Waals surface area contributed by atoms with Gasteiger partial charge in [0.2, 0.25) is 0 Å². The Bertz CT molecular complexity index is 1230. The van der Waals surface area contributed by atoms with Crippen LogP contribution in [0.15, 0.2) is 68.5 Å². The average Bonchev–Trinajstić information content (AvgIpc) is 3.42. The third-order valence-corrected chi connectivity index (χ3v) is 4.63. The van der Waals surface area contributed by atoms with Gasteiger partial charge < -0.3 is 14.3 Å². The van der Waals surface area contributed by atoms with E-state index in [4.69, 9.17) is 8.94 Å². The predicted octanol–water partition coefficient (Wildman–Crippen LogP) is 2.60. The first-order chi connectivity index (χ1) is 15.0. The Morgan fingerprint density at radius 2 is 1.97 bits per heavy atom. The highest BCUT2D eigenvalue weighted by atomic mass is 16.5. The standard InChI is InChI=1S/C22H21N5O4/c1-14-5-7-16(8-6-14)18-9-10-20(28)27(25-18)13-19-24-22(31-26-19)21(29)23-15(2)12-17-4-3-11-30-17/h3-11,15H,12-13H2,1-2H3,(H,23,29). The molecule has 3 aromatic heterocycles. The molecule has 1 atom stereocenters. The molecule has 0 saturated heterocycles. The maximum absolute atomic E-state index is 12.4. The van der Waals surface area contributed by atoms with Gasteiger partial charge in [0.05, 0.1) is 12.0 Å². The van der Waals surface area contributed by atoms with E-state index >= 15 is 0 Å². The first kappa shape index (κ1) is 20.3. The molecule has 158 valence electrons. The molecule has 9 nitrogen and oxygen atoms in total. The van der Waals surface area contributed by atoms with Gasteiger partial charge in [-0.05, 0) is 32.0 Å². The summed E-state index contributed by atoms with van der Waals surface area (Å²) in [5, 5.41) is 11.0. The van der Waals surface area contributed by atoms with E-state index in [1.165, 1.54) is 10.7 Å². The zero-order valence-corrected chi connectivity index (χ0v) is 17.1. The Hall–Kier alpha value is -4.01. The number of hydrogen-bond acceptors (Lipinski definition) is 7. The molecular weight excluding hydrogens is 398 g/mol. The van der Waals surface area contributed by atoms with Crippen molar-refractivity contribution in [3.05, 3.63) is 88.2 Å². The van der Waals surface area contributed by atoms with Gasteiger partial charge in [-0.2, -0.15) is 10.1 Å². The van der Waals surface area contributed by atoms with Crippen molar-refractivity contribution >= 4 is 5.91 Å². The van der Waals surface area contributed by atoms with Crippen molar-refractivity contribution in [1.29, 1.82) is 0 Å². The number of amides is 1. The summed E-state index contributed by atoms with van der Waals surface area (Å²) in [5.41, 5.74) is 2.36. The second kappa shape index (κ2) is 8.78. The summed E-state index contributed by atoms with van der Waals surface area (Å²) < 4.78 is 11.6. The number of hydrogen-bond donors (Lipinski definition) is 1. The number of nitrogens with one attached hydrogen (secondary N) is 1. The quantitative estimate of drug-likeness (QED) is 0.489. The van der Waals surface area contributed by atoms with E-state index in [1.54, 1.807) is 18.4 Å². The third-order valence-electron chi connectivity index (χ3n) is 4.63. The van der Waals surface area contributed by atoms with E-state index in [2.05, 4.69) is 20.6 Å². The van der Waals surface area contributed by atoms with E-state index in [9.17, 15) is 9.59 Å². The van der Waals surface area contributed by atoms with Gasteiger partial charge in [0, 0.05) is 24.1 Å². The van der Waals surface area contributed by atoms with Crippen LogP contribution in [0, 0.1) is 6.92 Å². The topological polar surface area (TPSA) is 116 Å². The molecule has 0 aliphatic heterocycles. The number of nitrogens with zero attached hydrogens (tertiary/aromatic N) is 4. The van der Waals surface area contributed by atoms with Crippen LogP contribution in [-0.4, -0.2) is 31.9 Å². The molecule has 0 fully saturated rings. The van der Waals surface area contributed by atoms with Gasteiger partial charge in [0.25, 0.3) is 5.56 Å². The zero-order chi connectivity index (χ0) is 21.8. The lowest BCUT2D eigenvalue weighted by molar-refractivity contribution is 0.0895. The molecule has 1 N–H and O–H groups in total. The number of aryl methyl sites for hydroxylation is 1. The molecule has 31 heavy (non-hydrogen) atoms. The minimum Gasteiger partial charge on any atom is -0.469 e. The minimum atomic E-state index is -0.494. The third kappa shape index (κ3) is 4.95. The summed E-state index contributed by atoms with van der Waals surface area (Å²) in [6.07, 6.45) is 2.11. The highest BCUT2D eigenvalue weighted by molar-refractivity contribution is 5.89. The fourth-order valence-electron chi connectivity index (χ4n) is 3.05. The van der Waals surface area contributed by atoms with Gasteiger partial charge in [-0.15, -0.1) is 0 Å². The van der Waals surface area contributed by atoms with Gasteiger partial charge >= 0.3 is 11.8 Å². The molecule has 0 bridgehead atoms. The second-order valence-electron chi connectivity index (χ2n) is 7.25. The summed E-state index contributed by atoms with van der Waals surface area (Å²) in [5.74, 6) is 0.271. The second-order valence-corrected chi connectivity index (χ2v) is 7.25. The molecule has 1 amide bonds. The molecule has 1 unspecified atom stereocenters. The SMILES string of the molecule is Cc1ccc(-c2ccc(=O)n(Cc3noc(C(=O)NC(C)Cc4ccco4)n3)n2)cc1. The van der Waals surface area contributed by atoms with Gasteiger partial charge in [-0.1, -0.05) is 35.0 Å². The molecule has 9 heteroatoms. The molecule has 0 radical (unpaired) electrons. The average molecular weight is 419 g/mol. The number of furan rings is 1. The molecule has 3 heterocycles. The van der Waals surface area contributed by atoms with Crippen LogP contribution in [0.3, 0.4) is 0 Å². The molecule has 0 aliphatic carbocycles. The van der Waals surface area contributed by atoms with Crippen LogP contribution < -0.4 is 10.9 Å². The summed E-state index contributed by atoms with van der Waals surface area (Å²) in [4.78, 5) is 28.7. The van der Waals surface area contributed by atoms with Crippen molar-refractivity contribution in [2.45, 2.75) is 32.9 Å². The van der Waals surface area contributed by atoms with Crippen molar-refractivity contribution < 1.29 is 13.7 Å². The maximum Gasteiger partial charge on any atom is 0.316 e. The van der Waals surface area contributed by atoms with Gasteiger partial charge in [-0.3, -0.25) is 9.59 Å². The molecule has 1 aromatic carbocycles. The number of carbonyl (C=O) groups is 1. The highest BCUT2D eigenvalue weighted by Crippen LogP contribution is 2.16. The Morgan fingerprint density at radius 1 is 1.16 bits per heavy atom. The molecule has 0 spiro atoms. The van der Waals surface area contributed by atoms with Crippen LogP contribution in [0.25, 0.3) is 11.3 Å². The van der Waals surface area contributed by atoms with E-state index in [0.29, 0.717) is 12.1 Å². The smallest absolute Gasteiger partial charge is 0.316 e. The van der Waals surface area contributed by atoms with Crippen LogP contribution >= 0.6 is 0 Å². The van der Waals surface area contributed by atoms with E-state index < -0.39 is 5.91 Å². The van der Waals surface area contributed by atoms with Crippen LogP contribution in [0.1, 0.15) is 34.8 Å². The Kier molecular flexibility index (Phi) is 5.74. The predicted molar refractivity (Wildman–Crippen MR) is 111 cm³/mol.